The fourth-order valence-corrected chi connectivity index (χ4v) is 5.18. The molecular weight excluding hydrogens is 376 g/mol. The van der Waals surface area contributed by atoms with Crippen LogP contribution >= 0.6 is 0 Å². The third kappa shape index (κ3) is 3.45. The Morgan fingerprint density at radius 2 is 1.75 bits per heavy atom. The molecule has 0 saturated carbocycles. The molecule has 0 N–H and O–H groups in total. The van der Waals surface area contributed by atoms with Crippen LogP contribution in [0.5, 0.6) is 0 Å². The van der Waals surface area contributed by atoms with Crippen molar-refractivity contribution in [3.63, 3.8) is 0 Å². The van der Waals surface area contributed by atoms with E-state index < -0.39 is 10.0 Å². The fraction of sp³-hybridized carbons (Fsp3) is 0.381. The molecule has 4 rings (SSSR count). The first kappa shape index (κ1) is 19.1. The molecule has 7 heteroatoms. The lowest BCUT2D eigenvalue weighted by Crippen LogP contribution is -2.40. The molecule has 0 bridgehead atoms. The van der Waals surface area contributed by atoms with Gasteiger partial charge in [-0.1, -0.05) is 19.1 Å². The quantitative estimate of drug-likeness (QED) is 0.791. The first-order valence-corrected chi connectivity index (χ1v) is 11.1. The van der Waals surface area contributed by atoms with Gasteiger partial charge < -0.3 is 9.64 Å². The number of amides is 1. The third-order valence-corrected chi connectivity index (χ3v) is 7.30. The van der Waals surface area contributed by atoms with Gasteiger partial charge in [0, 0.05) is 30.9 Å². The summed E-state index contributed by atoms with van der Waals surface area (Å²) in [5.41, 5.74) is 3.53. The number of ether oxygens (including phenoxy) is 1. The molecule has 2 aromatic carbocycles. The van der Waals surface area contributed by atoms with Crippen LogP contribution in [0.1, 0.15) is 28.4 Å². The van der Waals surface area contributed by atoms with E-state index in [1.807, 2.05) is 24.3 Å². The SMILES string of the molecule is CCc1ccc(C(=O)N2CCc3cc(S(=O)(=O)N4CCOCC4)ccc32)cc1. The molecule has 148 valence electrons. The Morgan fingerprint density at radius 1 is 1.04 bits per heavy atom. The van der Waals surface area contributed by atoms with Crippen molar-refractivity contribution in [1.29, 1.82) is 0 Å². The number of hydrogen-bond acceptors (Lipinski definition) is 4. The lowest BCUT2D eigenvalue weighted by Gasteiger charge is -2.26. The summed E-state index contributed by atoms with van der Waals surface area (Å²) < 4.78 is 32.5. The molecule has 28 heavy (non-hydrogen) atoms. The van der Waals surface area contributed by atoms with Gasteiger partial charge in [0.2, 0.25) is 10.0 Å². The van der Waals surface area contributed by atoms with Gasteiger partial charge in [0.15, 0.2) is 0 Å². The second-order valence-corrected chi connectivity index (χ2v) is 9.00. The summed E-state index contributed by atoms with van der Waals surface area (Å²) in [5, 5.41) is 0. The Balaban J connectivity index is 1.58. The molecule has 0 aromatic heterocycles. The first-order chi connectivity index (χ1) is 13.5. The average molecular weight is 401 g/mol. The highest BCUT2D eigenvalue weighted by molar-refractivity contribution is 7.89. The summed E-state index contributed by atoms with van der Waals surface area (Å²) in [6.45, 7) is 4.23. The highest BCUT2D eigenvalue weighted by atomic mass is 32.2. The van der Waals surface area contributed by atoms with Crippen molar-refractivity contribution in [2.24, 2.45) is 0 Å². The lowest BCUT2D eigenvalue weighted by molar-refractivity contribution is 0.0730. The fourth-order valence-electron chi connectivity index (χ4n) is 3.72. The number of fused-ring (bicyclic) bond motifs is 1. The van der Waals surface area contributed by atoms with E-state index in [9.17, 15) is 13.2 Å². The predicted molar refractivity (Wildman–Crippen MR) is 107 cm³/mol. The van der Waals surface area contributed by atoms with E-state index >= 15 is 0 Å². The maximum absolute atomic E-state index is 12.9. The first-order valence-electron chi connectivity index (χ1n) is 9.62. The van der Waals surface area contributed by atoms with Crippen LogP contribution in [0, 0.1) is 0 Å². The number of morpholine rings is 1. The van der Waals surface area contributed by atoms with Crippen molar-refractivity contribution >= 4 is 21.6 Å². The predicted octanol–water partition coefficient (Wildman–Crippen LogP) is 2.47. The minimum atomic E-state index is -3.53. The molecule has 2 aliphatic heterocycles. The zero-order chi connectivity index (χ0) is 19.7. The Kier molecular flexibility index (Phi) is 5.23. The van der Waals surface area contributed by atoms with E-state index in [0.29, 0.717) is 44.8 Å². The molecule has 1 fully saturated rings. The number of nitrogens with zero attached hydrogens (tertiary/aromatic N) is 2. The van der Waals surface area contributed by atoms with Crippen molar-refractivity contribution < 1.29 is 17.9 Å². The van der Waals surface area contributed by atoms with Gasteiger partial charge >= 0.3 is 0 Å². The summed E-state index contributed by atoms with van der Waals surface area (Å²) >= 11 is 0. The topological polar surface area (TPSA) is 66.9 Å². The largest absolute Gasteiger partial charge is 0.379 e. The molecule has 2 aliphatic rings. The van der Waals surface area contributed by atoms with Crippen molar-refractivity contribution in [2.45, 2.75) is 24.7 Å². The van der Waals surface area contributed by atoms with Crippen molar-refractivity contribution in [3.05, 3.63) is 59.2 Å². The number of rotatable bonds is 4. The Hall–Kier alpha value is -2.22. The monoisotopic (exact) mass is 400 g/mol. The Labute approximate surface area is 165 Å². The zero-order valence-corrected chi connectivity index (χ0v) is 16.7. The standard InChI is InChI=1S/C21H24N2O4S/c1-2-16-3-5-17(6-4-16)21(24)23-10-9-18-15-19(7-8-20(18)23)28(25,26)22-11-13-27-14-12-22/h3-8,15H,2,9-14H2,1H3. The number of benzene rings is 2. The molecule has 6 nitrogen and oxygen atoms in total. The highest BCUT2D eigenvalue weighted by Crippen LogP contribution is 2.32. The number of aryl methyl sites for hydroxylation is 1. The lowest BCUT2D eigenvalue weighted by atomic mass is 10.1. The van der Waals surface area contributed by atoms with Crippen LogP contribution in [0.4, 0.5) is 5.69 Å². The van der Waals surface area contributed by atoms with E-state index in [1.165, 1.54) is 9.87 Å². The van der Waals surface area contributed by atoms with E-state index in [1.54, 1.807) is 23.1 Å². The van der Waals surface area contributed by atoms with Gasteiger partial charge in [0.25, 0.3) is 5.91 Å². The van der Waals surface area contributed by atoms with E-state index in [0.717, 1.165) is 17.7 Å². The van der Waals surface area contributed by atoms with Gasteiger partial charge in [-0.25, -0.2) is 8.42 Å². The van der Waals surface area contributed by atoms with E-state index in [4.69, 9.17) is 4.74 Å². The average Bonchev–Trinajstić information content (AvgIpc) is 3.17. The number of anilines is 1. The summed E-state index contributed by atoms with van der Waals surface area (Å²) in [4.78, 5) is 14.9. The molecule has 2 heterocycles. The van der Waals surface area contributed by atoms with Gasteiger partial charge in [-0.15, -0.1) is 0 Å². The summed E-state index contributed by atoms with van der Waals surface area (Å²) in [5.74, 6) is -0.0508. The van der Waals surface area contributed by atoms with E-state index in [-0.39, 0.29) is 10.8 Å². The molecule has 1 saturated heterocycles. The molecule has 1 amide bonds. The molecular formula is C21H24N2O4S. The van der Waals surface area contributed by atoms with Crippen molar-refractivity contribution in [1.82, 2.24) is 4.31 Å². The maximum atomic E-state index is 12.9. The van der Waals surface area contributed by atoms with Gasteiger partial charge in [0.1, 0.15) is 0 Å². The second kappa shape index (κ2) is 7.66. The second-order valence-electron chi connectivity index (χ2n) is 7.06. The van der Waals surface area contributed by atoms with Gasteiger partial charge in [-0.05, 0) is 54.3 Å². The van der Waals surface area contributed by atoms with Crippen LogP contribution in [0.3, 0.4) is 0 Å². The van der Waals surface area contributed by atoms with Crippen LogP contribution in [-0.4, -0.2) is 51.5 Å². The van der Waals surface area contributed by atoms with Gasteiger partial charge in [0.05, 0.1) is 18.1 Å². The Bertz CT molecular complexity index is 980. The minimum absolute atomic E-state index is 0.0508. The molecule has 0 atom stereocenters. The van der Waals surface area contributed by atoms with Gasteiger partial charge in [-0.3, -0.25) is 4.79 Å². The molecule has 0 aliphatic carbocycles. The summed E-state index contributed by atoms with van der Waals surface area (Å²) in [7, 11) is -3.53. The van der Waals surface area contributed by atoms with Crippen LogP contribution in [-0.2, 0) is 27.6 Å². The highest BCUT2D eigenvalue weighted by Gasteiger charge is 2.30. The zero-order valence-electron chi connectivity index (χ0n) is 15.9. The van der Waals surface area contributed by atoms with Gasteiger partial charge in [-0.2, -0.15) is 4.31 Å². The van der Waals surface area contributed by atoms with Crippen molar-refractivity contribution in [3.8, 4) is 0 Å². The molecule has 0 spiro atoms. The molecule has 0 radical (unpaired) electrons. The number of sulfonamides is 1. The van der Waals surface area contributed by atoms with E-state index in [2.05, 4.69) is 6.92 Å². The van der Waals surface area contributed by atoms with Crippen molar-refractivity contribution in [2.75, 3.05) is 37.7 Å². The minimum Gasteiger partial charge on any atom is -0.379 e. The van der Waals surface area contributed by atoms with Crippen LogP contribution in [0.15, 0.2) is 47.4 Å². The smallest absolute Gasteiger partial charge is 0.258 e. The number of carbonyl (C=O) groups excluding carboxylic acids is 1. The molecule has 2 aromatic rings. The molecule has 0 unspecified atom stereocenters. The Morgan fingerprint density at radius 3 is 2.43 bits per heavy atom. The van der Waals surface area contributed by atoms with Crippen LogP contribution in [0.2, 0.25) is 0 Å². The summed E-state index contributed by atoms with van der Waals surface area (Å²) in [6.07, 6.45) is 1.59. The van der Waals surface area contributed by atoms with Crippen LogP contribution < -0.4 is 4.90 Å². The normalized spacial score (nSPS) is 17.5. The number of hydrogen-bond donors (Lipinski definition) is 0. The maximum Gasteiger partial charge on any atom is 0.258 e. The summed E-state index contributed by atoms with van der Waals surface area (Å²) in [6, 6.07) is 12.7. The van der Waals surface area contributed by atoms with Crippen LogP contribution in [0.25, 0.3) is 0 Å². The number of carbonyl (C=O) groups is 1. The third-order valence-electron chi connectivity index (χ3n) is 5.41.